The lowest BCUT2D eigenvalue weighted by Gasteiger charge is -2.40. The van der Waals surface area contributed by atoms with Gasteiger partial charge >= 0.3 is 0 Å². The Bertz CT molecular complexity index is 1120. The molecule has 9 nitrogen and oxygen atoms in total. The van der Waals surface area contributed by atoms with Gasteiger partial charge in [0.05, 0.1) is 25.4 Å². The van der Waals surface area contributed by atoms with Crippen LogP contribution in [0.1, 0.15) is 322 Å². The van der Waals surface area contributed by atoms with Crippen molar-refractivity contribution in [3.05, 3.63) is 12.2 Å². The lowest BCUT2D eigenvalue weighted by atomic mass is 9.99. The number of hydrogen-bond acceptors (Lipinski definition) is 8. The number of amides is 1. The molecule has 1 saturated heterocycles. The van der Waals surface area contributed by atoms with Gasteiger partial charge in [0, 0.05) is 6.42 Å². The third-order valence-electron chi connectivity index (χ3n) is 15.4. The van der Waals surface area contributed by atoms with E-state index in [4.69, 9.17) is 9.47 Å². The van der Waals surface area contributed by atoms with Gasteiger partial charge in [-0.05, 0) is 19.3 Å². The van der Waals surface area contributed by atoms with Crippen molar-refractivity contribution >= 4 is 5.91 Å². The second-order valence-corrected chi connectivity index (χ2v) is 22.2. The SMILES string of the molecule is CCCCCCCCCCCCCCCC/C=C/[C@@H](O)[C@H](CO[C@@H]1O[C@H](CO)[C@@H](O)C(O)C1O)NC(=O)CCCCCCCCCCCCCCCCCCCCCCCCCCCCCCCCCC. The van der Waals surface area contributed by atoms with Crippen molar-refractivity contribution in [3.63, 3.8) is 0 Å². The Morgan fingerprint density at radius 2 is 0.775 bits per heavy atom. The fourth-order valence-corrected chi connectivity index (χ4v) is 10.4. The summed E-state index contributed by atoms with van der Waals surface area (Å²) in [6.45, 7) is 3.82. The molecule has 0 aromatic carbocycles. The second-order valence-electron chi connectivity index (χ2n) is 22.2. The molecule has 1 fully saturated rings. The normalized spacial score (nSPS) is 19.2. The molecule has 0 aliphatic carbocycles. The summed E-state index contributed by atoms with van der Waals surface area (Å²) < 4.78 is 11.3. The van der Waals surface area contributed by atoms with Crippen molar-refractivity contribution in [3.8, 4) is 0 Å². The molecule has 0 saturated carbocycles. The van der Waals surface area contributed by atoms with Crippen molar-refractivity contribution in [2.75, 3.05) is 13.2 Å². The third-order valence-corrected chi connectivity index (χ3v) is 15.4. The van der Waals surface area contributed by atoms with Gasteiger partial charge in [0.25, 0.3) is 0 Å². The predicted molar refractivity (Wildman–Crippen MR) is 300 cm³/mol. The second kappa shape index (κ2) is 52.4. The highest BCUT2D eigenvalue weighted by molar-refractivity contribution is 5.76. The minimum Gasteiger partial charge on any atom is -0.394 e. The maximum Gasteiger partial charge on any atom is 0.220 e. The highest BCUT2D eigenvalue weighted by Gasteiger charge is 2.44. The van der Waals surface area contributed by atoms with Crippen molar-refractivity contribution in [1.82, 2.24) is 5.32 Å². The van der Waals surface area contributed by atoms with Gasteiger partial charge in [-0.25, -0.2) is 0 Å². The first kappa shape index (κ1) is 67.9. The van der Waals surface area contributed by atoms with E-state index < -0.39 is 49.5 Å². The first-order valence-electron chi connectivity index (χ1n) is 31.4. The van der Waals surface area contributed by atoms with Gasteiger partial charge in [-0.1, -0.05) is 309 Å². The molecule has 1 amide bonds. The Labute approximate surface area is 439 Å². The van der Waals surface area contributed by atoms with Crippen molar-refractivity contribution in [2.24, 2.45) is 0 Å². The molecule has 9 heteroatoms. The smallest absolute Gasteiger partial charge is 0.220 e. The number of unbranched alkanes of at least 4 members (excludes halogenated alkanes) is 45. The fraction of sp³-hybridized carbons (Fsp3) is 0.952. The van der Waals surface area contributed by atoms with E-state index in [2.05, 4.69) is 19.2 Å². The number of carbonyl (C=O) groups excluding carboxylic acids is 1. The Balaban J connectivity index is 2.10. The van der Waals surface area contributed by atoms with Crippen molar-refractivity contribution in [2.45, 2.75) is 365 Å². The van der Waals surface area contributed by atoms with Crippen LogP contribution >= 0.6 is 0 Å². The molecule has 0 aromatic rings. The topological polar surface area (TPSA) is 149 Å². The van der Waals surface area contributed by atoms with E-state index in [1.165, 1.54) is 263 Å². The Morgan fingerprint density at radius 3 is 1.10 bits per heavy atom. The molecule has 71 heavy (non-hydrogen) atoms. The van der Waals surface area contributed by atoms with E-state index in [1.807, 2.05) is 6.08 Å². The average Bonchev–Trinajstić information content (AvgIpc) is 3.37. The summed E-state index contributed by atoms with van der Waals surface area (Å²) in [4.78, 5) is 13.1. The molecule has 6 N–H and O–H groups in total. The predicted octanol–water partition coefficient (Wildman–Crippen LogP) is 16.0. The van der Waals surface area contributed by atoms with Crippen LogP contribution < -0.4 is 5.32 Å². The summed E-state index contributed by atoms with van der Waals surface area (Å²) >= 11 is 0. The van der Waals surface area contributed by atoms with E-state index in [-0.39, 0.29) is 12.5 Å². The largest absolute Gasteiger partial charge is 0.394 e. The molecule has 1 aliphatic heterocycles. The Hall–Kier alpha value is -1.07. The molecule has 1 heterocycles. The van der Waals surface area contributed by atoms with Crippen LogP contribution in [0, 0.1) is 0 Å². The zero-order valence-electron chi connectivity index (χ0n) is 47.0. The fourth-order valence-electron chi connectivity index (χ4n) is 10.4. The molecular weight excluding hydrogens is 887 g/mol. The van der Waals surface area contributed by atoms with Crippen LogP contribution in [-0.4, -0.2) is 87.5 Å². The zero-order valence-corrected chi connectivity index (χ0v) is 47.0. The van der Waals surface area contributed by atoms with Gasteiger partial charge in [-0.3, -0.25) is 4.79 Å². The summed E-state index contributed by atoms with van der Waals surface area (Å²) in [5.41, 5.74) is 0. The monoisotopic (exact) mass is 1010 g/mol. The van der Waals surface area contributed by atoms with Crippen LogP contribution in [0.2, 0.25) is 0 Å². The molecule has 1 aliphatic rings. The summed E-state index contributed by atoms with van der Waals surface area (Å²) in [5, 5.41) is 54.5. The van der Waals surface area contributed by atoms with Crippen LogP contribution in [-0.2, 0) is 14.3 Å². The van der Waals surface area contributed by atoms with Crippen molar-refractivity contribution in [1.29, 1.82) is 0 Å². The number of nitrogens with one attached hydrogen (secondary N) is 1. The average molecular weight is 1010 g/mol. The molecule has 1 rings (SSSR count). The summed E-state index contributed by atoms with van der Waals surface area (Å²) in [6, 6.07) is -0.800. The minimum atomic E-state index is -1.56. The summed E-state index contributed by atoms with van der Waals surface area (Å²) in [5.74, 6) is -0.169. The molecular formula is C62H121NO8. The number of allylic oxidation sites excluding steroid dienone is 1. The molecule has 0 aromatic heterocycles. The van der Waals surface area contributed by atoms with Crippen molar-refractivity contribution < 1.29 is 39.8 Å². The van der Waals surface area contributed by atoms with Crippen LogP contribution in [0.3, 0.4) is 0 Å². The van der Waals surface area contributed by atoms with E-state index in [9.17, 15) is 30.3 Å². The molecule has 2 unspecified atom stereocenters. The molecule has 0 bridgehead atoms. The van der Waals surface area contributed by atoms with Crippen LogP contribution in [0.4, 0.5) is 0 Å². The number of aliphatic hydroxyl groups excluding tert-OH is 5. The third kappa shape index (κ3) is 41.8. The van der Waals surface area contributed by atoms with Gasteiger partial charge in [0.2, 0.25) is 5.91 Å². The number of hydrogen-bond donors (Lipinski definition) is 6. The number of aliphatic hydroxyl groups is 5. The Morgan fingerprint density at radius 1 is 0.465 bits per heavy atom. The van der Waals surface area contributed by atoms with Crippen LogP contribution in [0.15, 0.2) is 12.2 Å². The van der Waals surface area contributed by atoms with Crippen LogP contribution in [0.25, 0.3) is 0 Å². The van der Waals surface area contributed by atoms with Gasteiger partial charge in [-0.2, -0.15) is 0 Å². The number of rotatable bonds is 55. The minimum absolute atomic E-state index is 0.169. The van der Waals surface area contributed by atoms with Gasteiger partial charge in [-0.15, -0.1) is 0 Å². The highest BCUT2D eigenvalue weighted by atomic mass is 16.7. The maximum atomic E-state index is 13.1. The summed E-state index contributed by atoms with van der Waals surface area (Å²) in [6.07, 6.45) is 58.8. The van der Waals surface area contributed by atoms with Gasteiger partial charge in [0.15, 0.2) is 6.29 Å². The number of ether oxygens (including phenoxy) is 2. The standard InChI is InChI=1S/C62H121NO8/c1-3-5-7-9-11-13-15-17-19-21-22-23-24-25-26-27-28-29-30-31-32-33-34-35-36-38-40-42-44-46-48-50-52-58(66)63-55(54-70-62-61(69)60(68)59(67)57(53-64)71-62)56(65)51-49-47-45-43-41-39-37-20-18-16-14-12-10-8-6-4-2/h49,51,55-57,59-62,64-65,67-69H,3-48,50,52-54H2,1-2H3,(H,63,66)/b51-49+/t55-,56+,57+,59+,60?,61?,62+/m0/s1. The zero-order chi connectivity index (χ0) is 51.5. The molecule has 422 valence electrons. The maximum absolute atomic E-state index is 13.1. The summed E-state index contributed by atoms with van der Waals surface area (Å²) in [7, 11) is 0. The molecule has 0 spiro atoms. The van der Waals surface area contributed by atoms with Gasteiger partial charge in [0.1, 0.15) is 24.4 Å². The quantitative estimate of drug-likeness (QED) is 0.0261. The van der Waals surface area contributed by atoms with E-state index in [0.717, 1.165) is 38.5 Å². The lowest BCUT2D eigenvalue weighted by Crippen LogP contribution is -2.60. The van der Waals surface area contributed by atoms with Crippen LogP contribution in [0.5, 0.6) is 0 Å². The van der Waals surface area contributed by atoms with E-state index >= 15 is 0 Å². The Kier molecular flexibility index (Phi) is 50.1. The number of carbonyl (C=O) groups is 1. The first-order chi connectivity index (χ1) is 34.8. The lowest BCUT2D eigenvalue weighted by molar-refractivity contribution is -0.302. The molecule has 7 atom stereocenters. The van der Waals surface area contributed by atoms with E-state index in [0.29, 0.717) is 6.42 Å². The van der Waals surface area contributed by atoms with E-state index in [1.54, 1.807) is 6.08 Å². The molecule has 0 radical (unpaired) electrons. The van der Waals surface area contributed by atoms with Gasteiger partial charge < -0.3 is 40.3 Å². The highest BCUT2D eigenvalue weighted by Crippen LogP contribution is 2.23. The first-order valence-corrected chi connectivity index (χ1v) is 31.4.